The first-order chi connectivity index (χ1) is 6.81. The Labute approximate surface area is 84.4 Å². The fourth-order valence-corrected chi connectivity index (χ4v) is 1.79. The Morgan fingerprint density at radius 2 is 2.50 bits per heavy atom. The van der Waals surface area contributed by atoms with E-state index in [1.165, 1.54) is 17.6 Å². The van der Waals surface area contributed by atoms with Crippen molar-refractivity contribution in [3.8, 4) is 0 Å². The number of furan rings is 1. The van der Waals surface area contributed by atoms with Crippen LogP contribution in [0.1, 0.15) is 17.4 Å². The van der Waals surface area contributed by atoms with Gasteiger partial charge in [-0.3, -0.25) is 0 Å². The molecule has 4 nitrogen and oxygen atoms in total. The average molecular weight is 208 g/mol. The fraction of sp³-hybridized carbons (Fsp3) is 0.111. The Kier molecular flexibility index (Phi) is 2.32. The molecule has 2 aromatic heterocycles. The van der Waals surface area contributed by atoms with Crippen LogP contribution in [0.4, 0.5) is 5.13 Å². The van der Waals surface area contributed by atoms with Crippen molar-refractivity contribution >= 4 is 22.8 Å². The molecule has 0 aliphatic rings. The van der Waals surface area contributed by atoms with Gasteiger partial charge in [0.1, 0.15) is 18.0 Å². The summed E-state index contributed by atoms with van der Waals surface area (Å²) in [5.74, 6) is 0.142. The lowest BCUT2D eigenvalue weighted by atomic mass is 10.1. The van der Waals surface area contributed by atoms with E-state index in [-0.39, 0.29) is 0 Å². The largest absolute Gasteiger partial charge is 0.468 e. The van der Waals surface area contributed by atoms with Gasteiger partial charge in [0.25, 0.3) is 0 Å². The highest BCUT2D eigenvalue weighted by Crippen LogP contribution is 2.25. The predicted molar refractivity (Wildman–Crippen MR) is 53.1 cm³/mol. The van der Waals surface area contributed by atoms with Crippen molar-refractivity contribution in [1.82, 2.24) is 4.98 Å². The molecular formula is C9H8N2O2S. The molecule has 0 radical (unpaired) electrons. The Balaban J connectivity index is 2.35. The Morgan fingerprint density at radius 3 is 3.00 bits per heavy atom. The molecule has 2 N–H and O–H groups in total. The quantitative estimate of drug-likeness (QED) is 0.778. The van der Waals surface area contributed by atoms with Gasteiger partial charge in [0.05, 0.1) is 12.0 Å². The summed E-state index contributed by atoms with van der Waals surface area (Å²) in [6, 6.07) is 3.48. The number of carbonyl (C=O) groups excluding carboxylic acids is 1. The molecule has 0 saturated carbocycles. The molecule has 1 atom stereocenters. The molecule has 0 fully saturated rings. The molecule has 2 aromatic rings. The summed E-state index contributed by atoms with van der Waals surface area (Å²) in [5.41, 5.74) is 6.12. The minimum absolute atomic E-state index is 0.446. The smallest absolute Gasteiger partial charge is 0.180 e. The summed E-state index contributed by atoms with van der Waals surface area (Å²) in [6.45, 7) is 0. The first-order valence-corrected chi connectivity index (χ1v) is 4.89. The molecule has 2 heterocycles. The highest BCUT2D eigenvalue weighted by atomic mass is 32.1. The van der Waals surface area contributed by atoms with Crippen molar-refractivity contribution in [2.75, 3.05) is 5.73 Å². The first-order valence-electron chi connectivity index (χ1n) is 4.01. The number of hydrogen-bond donors (Lipinski definition) is 1. The molecule has 0 aliphatic carbocycles. The summed E-state index contributed by atoms with van der Waals surface area (Å²) in [5, 5.41) is 2.22. The Hall–Kier alpha value is -1.62. The van der Waals surface area contributed by atoms with Gasteiger partial charge in [-0.05, 0) is 12.1 Å². The van der Waals surface area contributed by atoms with Gasteiger partial charge in [-0.2, -0.15) is 0 Å². The standard InChI is InChI=1S/C9H8N2O2S/c10-9-11-7(5-14-9)6(4-12)8-2-1-3-13-8/h1-6H,(H2,10,11). The summed E-state index contributed by atoms with van der Waals surface area (Å²) in [4.78, 5) is 14.9. The van der Waals surface area contributed by atoms with Crippen molar-refractivity contribution in [3.05, 3.63) is 35.2 Å². The van der Waals surface area contributed by atoms with Gasteiger partial charge in [0, 0.05) is 5.38 Å². The van der Waals surface area contributed by atoms with Crippen LogP contribution in [-0.4, -0.2) is 11.3 Å². The van der Waals surface area contributed by atoms with Gasteiger partial charge in [-0.25, -0.2) is 4.98 Å². The molecular weight excluding hydrogens is 200 g/mol. The maximum Gasteiger partial charge on any atom is 0.180 e. The number of carbonyl (C=O) groups is 1. The van der Waals surface area contributed by atoms with Crippen molar-refractivity contribution in [2.45, 2.75) is 5.92 Å². The third kappa shape index (κ3) is 1.54. The highest BCUT2D eigenvalue weighted by Gasteiger charge is 2.18. The summed E-state index contributed by atoms with van der Waals surface area (Å²) < 4.78 is 5.14. The minimum Gasteiger partial charge on any atom is -0.468 e. The van der Waals surface area contributed by atoms with Crippen LogP contribution in [0, 0.1) is 0 Å². The summed E-state index contributed by atoms with van der Waals surface area (Å²) in [6.07, 6.45) is 2.33. The third-order valence-corrected chi connectivity index (χ3v) is 2.54. The van der Waals surface area contributed by atoms with Crippen molar-refractivity contribution < 1.29 is 9.21 Å². The van der Waals surface area contributed by atoms with E-state index in [2.05, 4.69) is 4.98 Å². The van der Waals surface area contributed by atoms with E-state index >= 15 is 0 Å². The molecule has 14 heavy (non-hydrogen) atoms. The summed E-state index contributed by atoms with van der Waals surface area (Å²) >= 11 is 1.31. The van der Waals surface area contributed by atoms with Crippen LogP contribution in [0.2, 0.25) is 0 Å². The van der Waals surface area contributed by atoms with Crippen LogP contribution in [0.3, 0.4) is 0 Å². The lowest BCUT2D eigenvalue weighted by Crippen LogP contribution is -2.01. The van der Waals surface area contributed by atoms with E-state index in [9.17, 15) is 4.79 Å². The monoisotopic (exact) mass is 208 g/mol. The van der Waals surface area contributed by atoms with Crippen LogP contribution in [0.5, 0.6) is 0 Å². The zero-order valence-electron chi connectivity index (χ0n) is 7.21. The second-order valence-electron chi connectivity index (χ2n) is 2.74. The molecule has 72 valence electrons. The predicted octanol–water partition coefficient (Wildman–Crippen LogP) is 1.65. The first kappa shape index (κ1) is 8.96. The normalized spacial score (nSPS) is 12.6. The average Bonchev–Trinajstić information content (AvgIpc) is 2.79. The van der Waals surface area contributed by atoms with Crippen LogP contribution in [-0.2, 0) is 4.79 Å². The van der Waals surface area contributed by atoms with Gasteiger partial charge in [0.2, 0.25) is 0 Å². The number of rotatable bonds is 3. The number of nitrogens with zero attached hydrogens (tertiary/aromatic N) is 1. The van der Waals surface area contributed by atoms with E-state index in [1.54, 1.807) is 17.5 Å². The van der Waals surface area contributed by atoms with E-state index in [0.29, 0.717) is 16.6 Å². The molecule has 2 rings (SSSR count). The molecule has 0 saturated heterocycles. The number of anilines is 1. The molecule has 0 spiro atoms. The van der Waals surface area contributed by atoms with Crippen LogP contribution in [0.25, 0.3) is 0 Å². The molecule has 0 amide bonds. The van der Waals surface area contributed by atoms with E-state index < -0.39 is 5.92 Å². The SMILES string of the molecule is Nc1nc(C(C=O)c2ccco2)cs1. The molecule has 5 heteroatoms. The van der Waals surface area contributed by atoms with E-state index in [4.69, 9.17) is 10.2 Å². The number of thiazole rings is 1. The van der Waals surface area contributed by atoms with Crippen molar-refractivity contribution in [2.24, 2.45) is 0 Å². The topological polar surface area (TPSA) is 69.1 Å². The Morgan fingerprint density at radius 1 is 1.64 bits per heavy atom. The zero-order chi connectivity index (χ0) is 9.97. The zero-order valence-corrected chi connectivity index (χ0v) is 8.03. The number of aldehydes is 1. The van der Waals surface area contributed by atoms with Crippen molar-refractivity contribution in [3.63, 3.8) is 0 Å². The van der Waals surface area contributed by atoms with Gasteiger partial charge < -0.3 is 14.9 Å². The molecule has 1 unspecified atom stereocenters. The van der Waals surface area contributed by atoms with Crippen LogP contribution >= 0.6 is 11.3 Å². The second kappa shape index (κ2) is 3.63. The Bertz CT molecular complexity index is 422. The maximum atomic E-state index is 10.9. The molecule has 0 bridgehead atoms. The van der Waals surface area contributed by atoms with E-state index in [0.717, 1.165) is 6.29 Å². The lowest BCUT2D eigenvalue weighted by molar-refractivity contribution is -0.108. The molecule has 0 aliphatic heterocycles. The second-order valence-corrected chi connectivity index (χ2v) is 3.63. The van der Waals surface area contributed by atoms with Gasteiger partial charge in [-0.1, -0.05) is 0 Å². The van der Waals surface area contributed by atoms with Crippen LogP contribution in [0.15, 0.2) is 28.2 Å². The van der Waals surface area contributed by atoms with Gasteiger partial charge >= 0.3 is 0 Å². The van der Waals surface area contributed by atoms with Gasteiger partial charge in [0.15, 0.2) is 5.13 Å². The highest BCUT2D eigenvalue weighted by molar-refractivity contribution is 7.13. The van der Waals surface area contributed by atoms with Crippen molar-refractivity contribution in [1.29, 1.82) is 0 Å². The lowest BCUT2D eigenvalue weighted by Gasteiger charge is -2.01. The summed E-state index contributed by atoms with van der Waals surface area (Å²) in [7, 11) is 0. The van der Waals surface area contributed by atoms with E-state index in [1.807, 2.05) is 0 Å². The minimum atomic E-state index is -0.446. The fourth-order valence-electron chi connectivity index (χ4n) is 1.19. The number of aromatic nitrogens is 1. The number of hydrogen-bond acceptors (Lipinski definition) is 5. The molecule has 0 aromatic carbocycles. The third-order valence-electron chi connectivity index (χ3n) is 1.84. The number of nitrogens with two attached hydrogens (primary N) is 1. The maximum absolute atomic E-state index is 10.9. The van der Waals surface area contributed by atoms with Crippen LogP contribution < -0.4 is 5.73 Å². The number of nitrogen functional groups attached to an aromatic ring is 1. The van der Waals surface area contributed by atoms with Gasteiger partial charge in [-0.15, -0.1) is 11.3 Å².